The number of nitrogens with zero attached hydrogens (tertiary/aromatic N) is 3. The van der Waals surface area contributed by atoms with Gasteiger partial charge in [-0.1, -0.05) is 44.4 Å². The van der Waals surface area contributed by atoms with Crippen LogP contribution in [0, 0.1) is 0 Å². The topological polar surface area (TPSA) is 98.1 Å². The molecule has 1 aliphatic carbocycles. The maximum absolute atomic E-state index is 12.6. The zero-order valence-corrected chi connectivity index (χ0v) is 19.9. The Morgan fingerprint density at radius 2 is 1.91 bits per heavy atom. The van der Waals surface area contributed by atoms with Crippen LogP contribution in [-0.2, 0) is 11.3 Å². The fourth-order valence-electron chi connectivity index (χ4n) is 3.74. The van der Waals surface area contributed by atoms with Crippen molar-refractivity contribution < 1.29 is 14.3 Å². The summed E-state index contributed by atoms with van der Waals surface area (Å²) < 4.78 is 7.28. The van der Waals surface area contributed by atoms with Gasteiger partial charge in [-0.2, -0.15) is 0 Å². The molecule has 8 nitrogen and oxygen atoms in total. The van der Waals surface area contributed by atoms with E-state index >= 15 is 0 Å². The van der Waals surface area contributed by atoms with Gasteiger partial charge in [0.15, 0.2) is 11.0 Å². The molecule has 0 radical (unpaired) electrons. The predicted molar refractivity (Wildman–Crippen MR) is 126 cm³/mol. The average Bonchev–Trinajstić information content (AvgIpc) is 3.20. The Balaban J connectivity index is 1.66. The number of ether oxygens (including phenoxy) is 1. The number of aromatic nitrogens is 3. The lowest BCUT2D eigenvalue weighted by Gasteiger charge is -2.23. The highest BCUT2D eigenvalue weighted by Crippen LogP contribution is 2.28. The third-order valence-corrected chi connectivity index (χ3v) is 6.71. The van der Waals surface area contributed by atoms with Crippen molar-refractivity contribution in [1.82, 2.24) is 25.4 Å². The number of benzene rings is 1. The Kier molecular flexibility index (Phi) is 8.96. The molecule has 32 heavy (non-hydrogen) atoms. The number of nitrogens with one attached hydrogen (secondary N) is 2. The number of methoxy groups -OCH3 is 1. The maximum Gasteiger partial charge on any atom is 0.321 e. The third-order valence-electron chi connectivity index (χ3n) is 5.63. The van der Waals surface area contributed by atoms with E-state index in [1.807, 2.05) is 28.8 Å². The molecule has 1 fully saturated rings. The molecule has 0 aliphatic heterocycles. The molecule has 1 aromatic heterocycles. The van der Waals surface area contributed by atoms with E-state index in [0.29, 0.717) is 5.16 Å². The Morgan fingerprint density at radius 3 is 2.56 bits per heavy atom. The first-order valence-corrected chi connectivity index (χ1v) is 12.3. The summed E-state index contributed by atoms with van der Waals surface area (Å²) in [5.74, 6) is 1.20. The number of imide groups is 1. The molecule has 1 atom stereocenters. The third kappa shape index (κ3) is 6.48. The van der Waals surface area contributed by atoms with E-state index in [-0.39, 0.29) is 11.9 Å². The van der Waals surface area contributed by atoms with Crippen LogP contribution in [0.3, 0.4) is 0 Å². The van der Waals surface area contributed by atoms with E-state index in [2.05, 4.69) is 27.8 Å². The van der Waals surface area contributed by atoms with Gasteiger partial charge in [-0.25, -0.2) is 4.79 Å². The second-order valence-electron chi connectivity index (χ2n) is 8.10. The minimum atomic E-state index is -0.486. The van der Waals surface area contributed by atoms with Crippen LogP contribution in [0.25, 0.3) is 11.4 Å². The molecule has 0 saturated heterocycles. The summed E-state index contributed by atoms with van der Waals surface area (Å²) in [6, 6.07) is 7.42. The van der Waals surface area contributed by atoms with Gasteiger partial charge in [-0.15, -0.1) is 10.2 Å². The molecule has 2 N–H and O–H groups in total. The monoisotopic (exact) mass is 459 g/mol. The molecule has 9 heteroatoms. The highest BCUT2D eigenvalue weighted by Gasteiger charge is 2.23. The molecule has 0 unspecified atom stereocenters. The molecule has 0 spiro atoms. The first-order valence-electron chi connectivity index (χ1n) is 11.4. The quantitative estimate of drug-likeness (QED) is 0.540. The van der Waals surface area contributed by atoms with E-state index in [1.165, 1.54) is 18.2 Å². The number of amides is 3. The second-order valence-corrected chi connectivity index (χ2v) is 9.41. The minimum absolute atomic E-state index is 0.156. The molecule has 1 saturated carbocycles. The van der Waals surface area contributed by atoms with E-state index in [9.17, 15) is 9.59 Å². The van der Waals surface area contributed by atoms with E-state index in [0.717, 1.165) is 62.2 Å². The van der Waals surface area contributed by atoms with E-state index in [1.54, 1.807) is 14.0 Å². The second kappa shape index (κ2) is 11.9. The zero-order chi connectivity index (χ0) is 22.9. The molecule has 3 amide bonds. The van der Waals surface area contributed by atoms with Crippen LogP contribution in [-0.4, -0.2) is 45.1 Å². The van der Waals surface area contributed by atoms with Crippen molar-refractivity contribution in [2.45, 2.75) is 81.8 Å². The summed E-state index contributed by atoms with van der Waals surface area (Å²) in [7, 11) is 1.63. The normalized spacial score (nSPS) is 15.2. The lowest BCUT2D eigenvalue weighted by Crippen LogP contribution is -2.47. The van der Waals surface area contributed by atoms with Crippen LogP contribution >= 0.6 is 11.8 Å². The number of hydrogen-bond acceptors (Lipinski definition) is 6. The van der Waals surface area contributed by atoms with E-state index in [4.69, 9.17) is 4.74 Å². The summed E-state index contributed by atoms with van der Waals surface area (Å²) >= 11 is 1.31. The molecule has 1 heterocycles. The molecule has 2 aromatic rings. The largest absolute Gasteiger partial charge is 0.497 e. The number of hydrogen-bond donors (Lipinski definition) is 2. The van der Waals surface area contributed by atoms with Crippen molar-refractivity contribution >= 4 is 23.7 Å². The van der Waals surface area contributed by atoms with Gasteiger partial charge < -0.3 is 14.6 Å². The number of carbonyl (C=O) groups excluding carboxylic acids is 2. The molecule has 0 bridgehead atoms. The fraction of sp³-hybridized carbons (Fsp3) is 0.565. The van der Waals surface area contributed by atoms with Gasteiger partial charge in [0.1, 0.15) is 5.75 Å². The van der Waals surface area contributed by atoms with Crippen LogP contribution in [0.4, 0.5) is 4.79 Å². The van der Waals surface area contributed by atoms with Crippen molar-refractivity contribution in [2.24, 2.45) is 0 Å². The van der Waals surface area contributed by atoms with Crippen LogP contribution in [0.1, 0.15) is 58.8 Å². The highest BCUT2D eigenvalue weighted by atomic mass is 32.2. The number of thioether (sulfide) groups is 1. The standard InChI is InChI=1S/C23H33N5O3S/c1-4-5-15-28-20(17-11-13-19(31-3)14-12-17)26-27-23(28)32-16(2)21(29)25-22(30)24-18-9-7-6-8-10-18/h11-14,16,18H,4-10,15H2,1-3H3,(H2,24,25,29,30)/t16-/m0/s1. The average molecular weight is 460 g/mol. The number of urea groups is 1. The molecular weight excluding hydrogens is 426 g/mol. The van der Waals surface area contributed by atoms with Crippen LogP contribution in [0.15, 0.2) is 29.4 Å². The van der Waals surface area contributed by atoms with Gasteiger partial charge in [0, 0.05) is 18.2 Å². The van der Waals surface area contributed by atoms with Crippen molar-refractivity contribution in [3.05, 3.63) is 24.3 Å². The van der Waals surface area contributed by atoms with Crippen LogP contribution < -0.4 is 15.4 Å². The van der Waals surface area contributed by atoms with Crippen molar-refractivity contribution in [2.75, 3.05) is 7.11 Å². The number of carbonyl (C=O) groups is 2. The Bertz CT molecular complexity index is 894. The summed E-state index contributed by atoms with van der Waals surface area (Å²) in [6.45, 7) is 4.66. The summed E-state index contributed by atoms with van der Waals surface area (Å²) in [4.78, 5) is 24.8. The van der Waals surface area contributed by atoms with Crippen molar-refractivity contribution in [3.63, 3.8) is 0 Å². The summed E-state index contributed by atoms with van der Waals surface area (Å²) in [5.41, 5.74) is 0.935. The van der Waals surface area contributed by atoms with Gasteiger partial charge in [-0.05, 0) is 50.5 Å². The van der Waals surface area contributed by atoms with Gasteiger partial charge >= 0.3 is 6.03 Å². The highest BCUT2D eigenvalue weighted by molar-refractivity contribution is 8.00. The van der Waals surface area contributed by atoms with Gasteiger partial charge in [-0.3, -0.25) is 10.1 Å². The SMILES string of the molecule is CCCCn1c(S[C@@H](C)C(=O)NC(=O)NC2CCCCC2)nnc1-c1ccc(OC)cc1. The van der Waals surface area contributed by atoms with Crippen molar-refractivity contribution in [1.29, 1.82) is 0 Å². The summed E-state index contributed by atoms with van der Waals surface area (Å²) in [6.07, 6.45) is 7.40. The molecular formula is C23H33N5O3S. The van der Waals surface area contributed by atoms with Gasteiger partial charge in [0.2, 0.25) is 5.91 Å². The molecule has 1 aliphatic rings. The molecule has 174 valence electrons. The van der Waals surface area contributed by atoms with Crippen molar-refractivity contribution in [3.8, 4) is 17.1 Å². The lowest BCUT2D eigenvalue weighted by molar-refractivity contribution is -0.119. The summed E-state index contributed by atoms with van der Waals surface area (Å²) in [5, 5.41) is 14.3. The maximum atomic E-state index is 12.6. The zero-order valence-electron chi connectivity index (χ0n) is 19.1. The Hall–Kier alpha value is -2.55. The van der Waals surface area contributed by atoms with Crippen LogP contribution in [0.2, 0.25) is 0 Å². The smallest absolute Gasteiger partial charge is 0.321 e. The van der Waals surface area contributed by atoms with Gasteiger partial charge in [0.05, 0.1) is 12.4 Å². The first-order chi connectivity index (χ1) is 15.5. The van der Waals surface area contributed by atoms with E-state index < -0.39 is 11.3 Å². The fourth-order valence-corrected chi connectivity index (χ4v) is 4.62. The minimum Gasteiger partial charge on any atom is -0.497 e. The number of unbranched alkanes of at least 4 members (excludes halogenated alkanes) is 1. The Morgan fingerprint density at radius 1 is 1.19 bits per heavy atom. The Labute approximate surface area is 193 Å². The van der Waals surface area contributed by atoms with Crippen LogP contribution in [0.5, 0.6) is 5.75 Å². The van der Waals surface area contributed by atoms with Gasteiger partial charge in [0.25, 0.3) is 0 Å². The number of rotatable bonds is 9. The molecule has 3 rings (SSSR count). The first kappa shape index (κ1) is 24.1. The lowest BCUT2D eigenvalue weighted by atomic mass is 9.96. The molecule has 1 aromatic carbocycles. The predicted octanol–water partition coefficient (Wildman–Crippen LogP) is 4.39.